The first-order valence-corrected chi connectivity index (χ1v) is 7.35. The smallest absolute Gasteiger partial charge is 0.336 e. The molecule has 0 fully saturated rings. The molecule has 0 radical (unpaired) electrons. The SMILES string of the molecule is Cc1c(C(=O)O)cc(SCl)c2c1C(C)(C)CCO2. The summed E-state index contributed by atoms with van der Waals surface area (Å²) in [6, 6.07) is 1.59. The van der Waals surface area contributed by atoms with Crippen LogP contribution in [0.1, 0.15) is 41.8 Å². The van der Waals surface area contributed by atoms with E-state index in [9.17, 15) is 9.90 Å². The van der Waals surface area contributed by atoms with Crippen molar-refractivity contribution in [1.82, 2.24) is 0 Å². The number of hydrogen-bond acceptors (Lipinski definition) is 3. The van der Waals surface area contributed by atoms with Crippen molar-refractivity contribution in [3.8, 4) is 5.75 Å². The van der Waals surface area contributed by atoms with Gasteiger partial charge in [-0.15, -0.1) is 0 Å². The average Bonchev–Trinajstić information content (AvgIpc) is 2.27. The van der Waals surface area contributed by atoms with Crippen LogP contribution in [-0.4, -0.2) is 17.7 Å². The fourth-order valence-electron chi connectivity index (χ4n) is 2.50. The molecule has 18 heavy (non-hydrogen) atoms. The number of benzene rings is 1. The van der Waals surface area contributed by atoms with E-state index in [1.54, 1.807) is 6.07 Å². The Morgan fingerprint density at radius 1 is 1.56 bits per heavy atom. The molecule has 0 atom stereocenters. The predicted octanol–water partition coefficient (Wildman–Crippen LogP) is 4.00. The molecule has 2 rings (SSSR count). The Labute approximate surface area is 115 Å². The maximum Gasteiger partial charge on any atom is 0.336 e. The fourth-order valence-corrected chi connectivity index (χ4v) is 3.24. The summed E-state index contributed by atoms with van der Waals surface area (Å²) in [6.07, 6.45) is 0.871. The Hall–Kier alpha value is -0.870. The van der Waals surface area contributed by atoms with Gasteiger partial charge in [-0.25, -0.2) is 4.79 Å². The van der Waals surface area contributed by atoms with Gasteiger partial charge in [-0.1, -0.05) is 13.8 Å². The van der Waals surface area contributed by atoms with E-state index in [0.29, 0.717) is 17.1 Å². The van der Waals surface area contributed by atoms with Crippen LogP contribution in [-0.2, 0) is 5.41 Å². The van der Waals surface area contributed by atoms with Crippen LogP contribution in [0, 0.1) is 6.92 Å². The summed E-state index contributed by atoms with van der Waals surface area (Å²) in [5.41, 5.74) is 1.95. The molecule has 1 N–H and O–H groups in total. The number of aromatic carboxylic acids is 1. The van der Waals surface area contributed by atoms with E-state index in [0.717, 1.165) is 34.3 Å². The summed E-state index contributed by atoms with van der Waals surface area (Å²) in [4.78, 5) is 12.0. The van der Waals surface area contributed by atoms with Gasteiger partial charge in [-0.05, 0) is 52.0 Å². The number of rotatable bonds is 2. The molecule has 0 amide bonds. The van der Waals surface area contributed by atoms with E-state index in [-0.39, 0.29) is 5.41 Å². The minimum Gasteiger partial charge on any atom is -0.492 e. The maximum absolute atomic E-state index is 11.3. The van der Waals surface area contributed by atoms with Crippen molar-refractivity contribution in [3.05, 3.63) is 22.8 Å². The summed E-state index contributed by atoms with van der Waals surface area (Å²) in [5.74, 6) is -0.183. The summed E-state index contributed by atoms with van der Waals surface area (Å²) < 4.78 is 5.70. The molecule has 1 aromatic carbocycles. The van der Waals surface area contributed by atoms with Gasteiger partial charge in [0.05, 0.1) is 17.1 Å². The van der Waals surface area contributed by atoms with Gasteiger partial charge < -0.3 is 9.84 Å². The fraction of sp³-hybridized carbons (Fsp3) is 0.462. The zero-order chi connectivity index (χ0) is 13.5. The van der Waals surface area contributed by atoms with E-state index in [2.05, 4.69) is 13.8 Å². The number of carboxylic acids is 1. The first-order chi connectivity index (χ1) is 8.38. The quantitative estimate of drug-likeness (QED) is 0.893. The number of fused-ring (bicyclic) bond motifs is 1. The first kappa shape index (κ1) is 13.6. The zero-order valence-electron chi connectivity index (χ0n) is 10.5. The van der Waals surface area contributed by atoms with Crippen molar-refractivity contribution in [2.45, 2.75) is 37.5 Å². The maximum atomic E-state index is 11.3. The van der Waals surface area contributed by atoms with Crippen molar-refractivity contribution in [1.29, 1.82) is 0 Å². The van der Waals surface area contributed by atoms with Crippen molar-refractivity contribution in [3.63, 3.8) is 0 Å². The van der Waals surface area contributed by atoms with E-state index in [1.807, 2.05) is 6.92 Å². The normalized spacial score (nSPS) is 16.9. The molecule has 1 aromatic rings. The Morgan fingerprint density at radius 3 is 2.78 bits per heavy atom. The molecule has 1 heterocycles. The first-order valence-electron chi connectivity index (χ1n) is 5.71. The number of carboxylic acid groups (broad SMARTS) is 1. The van der Waals surface area contributed by atoms with Gasteiger partial charge in [0, 0.05) is 5.56 Å². The van der Waals surface area contributed by atoms with Crippen LogP contribution >= 0.6 is 21.7 Å². The van der Waals surface area contributed by atoms with Crippen LogP contribution in [0.4, 0.5) is 0 Å². The molecular formula is C13H15ClO3S. The van der Waals surface area contributed by atoms with E-state index in [4.69, 9.17) is 15.4 Å². The van der Waals surface area contributed by atoms with Crippen molar-refractivity contribution in [2.75, 3.05) is 6.61 Å². The van der Waals surface area contributed by atoms with Crippen LogP contribution in [0.5, 0.6) is 5.75 Å². The van der Waals surface area contributed by atoms with Gasteiger partial charge in [0.1, 0.15) is 5.75 Å². The van der Waals surface area contributed by atoms with Gasteiger partial charge >= 0.3 is 5.97 Å². The number of carbonyl (C=O) groups is 1. The van der Waals surface area contributed by atoms with E-state index >= 15 is 0 Å². The Kier molecular flexibility index (Phi) is 3.52. The zero-order valence-corrected chi connectivity index (χ0v) is 12.1. The third kappa shape index (κ3) is 2.08. The van der Waals surface area contributed by atoms with Crippen LogP contribution in [0.15, 0.2) is 11.0 Å². The Morgan fingerprint density at radius 2 is 2.22 bits per heavy atom. The molecule has 0 saturated heterocycles. The van der Waals surface area contributed by atoms with Crippen LogP contribution < -0.4 is 4.74 Å². The van der Waals surface area contributed by atoms with Gasteiger partial charge in [-0.2, -0.15) is 0 Å². The molecule has 0 aliphatic carbocycles. The summed E-state index contributed by atoms with van der Waals surface area (Å²) in [5, 5.41) is 9.26. The van der Waals surface area contributed by atoms with E-state index < -0.39 is 5.97 Å². The van der Waals surface area contributed by atoms with Crippen molar-refractivity contribution >= 4 is 27.6 Å². The van der Waals surface area contributed by atoms with Gasteiger partial charge in [-0.3, -0.25) is 0 Å². The average molecular weight is 287 g/mol. The number of halogens is 1. The second-order valence-corrected chi connectivity index (χ2v) is 6.17. The number of hydrogen-bond donors (Lipinski definition) is 1. The Balaban J connectivity index is 2.77. The van der Waals surface area contributed by atoms with Crippen molar-refractivity contribution < 1.29 is 14.6 Å². The van der Waals surface area contributed by atoms with Crippen molar-refractivity contribution in [2.24, 2.45) is 0 Å². The summed E-state index contributed by atoms with van der Waals surface area (Å²) in [7, 11) is 6.84. The van der Waals surface area contributed by atoms with Gasteiger partial charge in [0.2, 0.25) is 0 Å². The van der Waals surface area contributed by atoms with Crippen LogP contribution in [0.2, 0.25) is 0 Å². The molecule has 0 aromatic heterocycles. The molecular weight excluding hydrogens is 272 g/mol. The molecule has 1 aliphatic rings. The molecule has 1 aliphatic heterocycles. The third-order valence-electron chi connectivity index (χ3n) is 3.47. The van der Waals surface area contributed by atoms with Gasteiger partial charge in [0.15, 0.2) is 0 Å². The second-order valence-electron chi connectivity index (χ2n) is 5.12. The highest BCUT2D eigenvalue weighted by atomic mass is 35.7. The lowest BCUT2D eigenvalue weighted by Gasteiger charge is -2.35. The molecule has 0 saturated carbocycles. The standard InChI is InChI=1S/C13H15ClO3S/c1-7-8(12(15)16)6-9(18-14)11-10(7)13(2,3)4-5-17-11/h6H,4-5H2,1-3H3,(H,15,16). The lowest BCUT2D eigenvalue weighted by molar-refractivity contribution is 0.0695. The molecule has 0 bridgehead atoms. The molecule has 0 spiro atoms. The van der Waals surface area contributed by atoms with Crippen LogP contribution in [0.3, 0.4) is 0 Å². The van der Waals surface area contributed by atoms with E-state index in [1.165, 1.54) is 0 Å². The highest BCUT2D eigenvalue weighted by Gasteiger charge is 2.34. The number of ether oxygens (including phenoxy) is 1. The molecule has 98 valence electrons. The highest BCUT2D eigenvalue weighted by Crippen LogP contribution is 2.47. The summed E-state index contributed by atoms with van der Waals surface area (Å²) >= 11 is 0. The monoisotopic (exact) mass is 286 g/mol. The van der Waals surface area contributed by atoms with Gasteiger partial charge in [0.25, 0.3) is 0 Å². The predicted molar refractivity (Wildman–Crippen MR) is 73.0 cm³/mol. The molecule has 0 unspecified atom stereocenters. The second kappa shape index (κ2) is 4.67. The summed E-state index contributed by atoms with van der Waals surface area (Å²) in [6.45, 7) is 6.68. The largest absolute Gasteiger partial charge is 0.492 e. The van der Waals surface area contributed by atoms with Crippen LogP contribution in [0.25, 0.3) is 0 Å². The topological polar surface area (TPSA) is 46.5 Å². The lowest BCUT2D eigenvalue weighted by Crippen LogP contribution is -2.29. The lowest BCUT2D eigenvalue weighted by atomic mass is 9.76. The Bertz CT molecular complexity index is 511. The molecule has 3 nitrogen and oxygen atoms in total. The third-order valence-corrected chi connectivity index (χ3v) is 4.44. The highest BCUT2D eigenvalue weighted by molar-refractivity contribution is 8.21. The molecule has 5 heteroatoms. The minimum atomic E-state index is -0.927. The minimum absolute atomic E-state index is 0.0928.